The summed E-state index contributed by atoms with van der Waals surface area (Å²) in [7, 11) is 0. The number of rotatable bonds is 11. The lowest BCUT2D eigenvalue weighted by Gasteiger charge is -2.24. The molecule has 7 N–H and O–H groups in total. The van der Waals surface area contributed by atoms with E-state index >= 15 is 0 Å². The molecule has 0 aliphatic rings. The fraction of sp³-hybridized carbons (Fsp3) is 0.250. The topological polar surface area (TPSA) is 143 Å². The van der Waals surface area contributed by atoms with Crippen molar-refractivity contribution in [1.29, 1.82) is 0 Å². The van der Waals surface area contributed by atoms with Gasteiger partial charge in [0.05, 0.1) is 12.0 Å². The molecule has 0 heterocycles. The van der Waals surface area contributed by atoms with E-state index < -0.39 is 23.8 Å². The molecule has 36 heavy (non-hydrogen) atoms. The van der Waals surface area contributed by atoms with E-state index in [0.29, 0.717) is 19.4 Å². The number of nitrogens with two attached hydrogens (primary N) is 2. The highest BCUT2D eigenvalue weighted by Gasteiger charge is 2.28. The Balaban J connectivity index is 1.78. The number of hydrogen-bond acceptors (Lipinski definition) is 5. The van der Waals surface area contributed by atoms with E-state index in [2.05, 4.69) is 15.6 Å². The minimum Gasteiger partial charge on any atom is -0.508 e. The SMILES string of the molecule is CC(N[C@H](CCCN=C(N)N)C(=O)NC(=O)C(c1ccccc1)c1ccccc1)c1ccc(O)cc1. The van der Waals surface area contributed by atoms with Crippen molar-refractivity contribution in [3.8, 4) is 5.75 Å². The fourth-order valence-electron chi connectivity index (χ4n) is 4.02. The maximum absolute atomic E-state index is 13.4. The number of phenolic OH excluding ortho intramolecular Hbond substituents is 1. The summed E-state index contributed by atoms with van der Waals surface area (Å²) in [6.07, 6.45) is 0.958. The zero-order valence-corrected chi connectivity index (χ0v) is 20.3. The molecule has 2 atom stereocenters. The first kappa shape index (κ1) is 26.4. The van der Waals surface area contributed by atoms with Gasteiger partial charge >= 0.3 is 0 Å². The van der Waals surface area contributed by atoms with Crippen LogP contribution in [0.4, 0.5) is 0 Å². The summed E-state index contributed by atoms with van der Waals surface area (Å²) >= 11 is 0. The van der Waals surface area contributed by atoms with Crippen LogP contribution >= 0.6 is 0 Å². The number of amides is 2. The van der Waals surface area contributed by atoms with Gasteiger partial charge in [-0.1, -0.05) is 72.8 Å². The Morgan fingerprint density at radius 2 is 1.39 bits per heavy atom. The van der Waals surface area contributed by atoms with Gasteiger partial charge in [0.25, 0.3) is 0 Å². The Kier molecular flexibility index (Phi) is 9.59. The van der Waals surface area contributed by atoms with Crippen molar-refractivity contribution >= 4 is 17.8 Å². The molecule has 2 amide bonds. The van der Waals surface area contributed by atoms with Crippen LogP contribution in [0.3, 0.4) is 0 Å². The van der Waals surface area contributed by atoms with Crippen LogP contribution in [0, 0.1) is 0 Å². The first-order chi connectivity index (χ1) is 17.3. The van der Waals surface area contributed by atoms with E-state index in [4.69, 9.17) is 11.5 Å². The van der Waals surface area contributed by atoms with Crippen molar-refractivity contribution in [1.82, 2.24) is 10.6 Å². The fourth-order valence-corrected chi connectivity index (χ4v) is 4.02. The van der Waals surface area contributed by atoms with Crippen LogP contribution in [-0.4, -0.2) is 35.5 Å². The van der Waals surface area contributed by atoms with E-state index in [1.54, 1.807) is 24.3 Å². The molecule has 188 valence electrons. The molecule has 8 heteroatoms. The number of benzene rings is 3. The average molecular weight is 488 g/mol. The highest BCUT2D eigenvalue weighted by molar-refractivity contribution is 6.01. The summed E-state index contributed by atoms with van der Waals surface area (Å²) in [6, 6.07) is 24.6. The Morgan fingerprint density at radius 3 is 1.92 bits per heavy atom. The van der Waals surface area contributed by atoms with Crippen molar-refractivity contribution in [2.45, 2.75) is 37.8 Å². The van der Waals surface area contributed by atoms with Crippen LogP contribution < -0.4 is 22.1 Å². The molecule has 3 aromatic carbocycles. The van der Waals surface area contributed by atoms with Crippen molar-refractivity contribution in [2.75, 3.05) is 6.54 Å². The maximum atomic E-state index is 13.4. The van der Waals surface area contributed by atoms with Gasteiger partial charge in [0, 0.05) is 12.6 Å². The number of carbonyl (C=O) groups is 2. The quantitative estimate of drug-likeness (QED) is 0.160. The number of hydrogen-bond donors (Lipinski definition) is 5. The smallest absolute Gasteiger partial charge is 0.243 e. The third-order valence-electron chi connectivity index (χ3n) is 5.88. The Morgan fingerprint density at radius 1 is 0.833 bits per heavy atom. The second-order valence-electron chi connectivity index (χ2n) is 8.59. The third-order valence-corrected chi connectivity index (χ3v) is 5.88. The molecule has 8 nitrogen and oxygen atoms in total. The average Bonchev–Trinajstić information content (AvgIpc) is 2.87. The Bertz CT molecular complexity index is 1110. The Hall–Kier alpha value is -4.17. The molecule has 0 saturated heterocycles. The molecule has 0 aliphatic heterocycles. The van der Waals surface area contributed by atoms with Crippen molar-refractivity contribution < 1.29 is 14.7 Å². The van der Waals surface area contributed by atoms with Gasteiger partial charge in [0.2, 0.25) is 11.8 Å². The van der Waals surface area contributed by atoms with Gasteiger partial charge in [-0.2, -0.15) is 0 Å². The van der Waals surface area contributed by atoms with Gasteiger partial charge in [-0.05, 0) is 48.6 Å². The second kappa shape index (κ2) is 13.1. The number of aromatic hydroxyl groups is 1. The zero-order valence-electron chi connectivity index (χ0n) is 20.3. The van der Waals surface area contributed by atoms with Crippen LogP contribution in [0.25, 0.3) is 0 Å². The number of guanidine groups is 1. The first-order valence-electron chi connectivity index (χ1n) is 11.9. The van der Waals surface area contributed by atoms with E-state index in [-0.39, 0.29) is 17.8 Å². The molecule has 3 rings (SSSR count). The van der Waals surface area contributed by atoms with Crippen molar-refractivity contribution in [2.24, 2.45) is 16.5 Å². The van der Waals surface area contributed by atoms with E-state index in [1.165, 1.54) is 0 Å². The molecular formula is C28H33N5O3. The molecule has 0 aliphatic carbocycles. The van der Waals surface area contributed by atoms with Crippen LogP contribution in [-0.2, 0) is 9.59 Å². The maximum Gasteiger partial charge on any atom is 0.243 e. The largest absolute Gasteiger partial charge is 0.508 e. The van der Waals surface area contributed by atoms with Gasteiger partial charge < -0.3 is 16.6 Å². The predicted octanol–water partition coefficient (Wildman–Crippen LogP) is 2.94. The number of phenols is 1. The molecule has 0 saturated carbocycles. The van der Waals surface area contributed by atoms with E-state index in [1.807, 2.05) is 67.6 Å². The lowest BCUT2D eigenvalue weighted by Crippen LogP contribution is -2.48. The molecule has 0 bridgehead atoms. The third kappa shape index (κ3) is 7.68. The Labute approximate surface area is 211 Å². The van der Waals surface area contributed by atoms with Crippen molar-refractivity contribution in [3.05, 3.63) is 102 Å². The number of carbonyl (C=O) groups excluding carboxylic acids is 2. The minimum absolute atomic E-state index is 0.00911. The van der Waals surface area contributed by atoms with Gasteiger partial charge in [0.15, 0.2) is 5.96 Å². The summed E-state index contributed by atoms with van der Waals surface area (Å²) in [6.45, 7) is 2.28. The number of nitrogens with one attached hydrogen (secondary N) is 2. The lowest BCUT2D eigenvalue weighted by atomic mass is 9.90. The van der Waals surface area contributed by atoms with Crippen LogP contribution in [0.5, 0.6) is 5.75 Å². The normalized spacial score (nSPS) is 12.5. The standard InChI is InChI=1S/C28H33N5O3/c1-19(20-14-16-23(34)17-15-20)32-24(13-8-18-31-28(29)30)26(35)33-27(36)25(21-9-4-2-5-10-21)22-11-6-3-7-12-22/h2-7,9-12,14-17,19,24-25,32,34H,8,13,18H2,1H3,(H4,29,30,31)(H,33,35,36)/t19?,24-/m1/s1. The van der Waals surface area contributed by atoms with Gasteiger partial charge in [-0.15, -0.1) is 0 Å². The lowest BCUT2D eigenvalue weighted by molar-refractivity contribution is -0.132. The monoisotopic (exact) mass is 487 g/mol. The van der Waals surface area contributed by atoms with Gasteiger partial charge in [-0.25, -0.2) is 0 Å². The molecule has 0 aromatic heterocycles. The highest BCUT2D eigenvalue weighted by Crippen LogP contribution is 2.25. The highest BCUT2D eigenvalue weighted by atomic mass is 16.3. The number of aliphatic imine (C=N–C) groups is 1. The molecular weight excluding hydrogens is 454 g/mol. The van der Waals surface area contributed by atoms with Gasteiger partial charge in [0.1, 0.15) is 5.75 Å². The summed E-state index contributed by atoms with van der Waals surface area (Å²) in [5.41, 5.74) is 13.3. The minimum atomic E-state index is -0.667. The zero-order chi connectivity index (χ0) is 25.9. The molecule has 1 unspecified atom stereocenters. The van der Waals surface area contributed by atoms with Crippen LogP contribution in [0.2, 0.25) is 0 Å². The molecule has 0 fully saturated rings. The van der Waals surface area contributed by atoms with Crippen molar-refractivity contribution in [3.63, 3.8) is 0 Å². The first-order valence-corrected chi connectivity index (χ1v) is 11.9. The summed E-state index contributed by atoms with van der Waals surface area (Å²) < 4.78 is 0. The number of nitrogens with zero attached hydrogens (tertiary/aromatic N) is 1. The molecule has 0 spiro atoms. The van der Waals surface area contributed by atoms with Gasteiger partial charge in [-0.3, -0.25) is 25.2 Å². The van der Waals surface area contributed by atoms with E-state index in [0.717, 1.165) is 16.7 Å². The summed E-state index contributed by atoms with van der Waals surface area (Å²) in [5, 5.41) is 15.5. The summed E-state index contributed by atoms with van der Waals surface area (Å²) in [5.74, 6) is -1.30. The van der Waals surface area contributed by atoms with Crippen LogP contribution in [0.1, 0.15) is 48.4 Å². The number of imide groups is 1. The van der Waals surface area contributed by atoms with Crippen LogP contribution in [0.15, 0.2) is 89.9 Å². The summed E-state index contributed by atoms with van der Waals surface area (Å²) in [4.78, 5) is 30.8. The predicted molar refractivity (Wildman–Crippen MR) is 141 cm³/mol. The van der Waals surface area contributed by atoms with E-state index in [9.17, 15) is 14.7 Å². The molecule has 3 aromatic rings. The second-order valence-corrected chi connectivity index (χ2v) is 8.59. The molecule has 0 radical (unpaired) electrons.